The zero-order chi connectivity index (χ0) is 23.0. The number of hydrogen-bond donors (Lipinski definition) is 1. The van der Waals surface area contributed by atoms with Crippen LogP contribution in [0, 0.1) is 13.8 Å². The van der Waals surface area contributed by atoms with E-state index < -0.39 is 11.8 Å². The number of hydrogen-bond acceptors (Lipinski definition) is 3. The average Bonchev–Trinajstić information content (AvgIpc) is 3.04. The van der Waals surface area contributed by atoms with Crippen LogP contribution in [0.2, 0.25) is 5.02 Å². The van der Waals surface area contributed by atoms with Crippen LogP contribution in [0.3, 0.4) is 0 Å². The van der Waals surface area contributed by atoms with E-state index in [-0.39, 0.29) is 10.7 Å². The van der Waals surface area contributed by atoms with Crippen LogP contribution in [-0.2, 0) is 16.0 Å². The van der Waals surface area contributed by atoms with Crippen molar-refractivity contribution >= 4 is 52.5 Å². The van der Waals surface area contributed by atoms with Gasteiger partial charge in [-0.15, -0.1) is 0 Å². The number of aryl methyl sites for hydroxylation is 2. The largest absolute Gasteiger partial charge is 0.316 e. The third-order valence-corrected chi connectivity index (χ3v) is 6.17. The number of nitrogens with one attached hydrogen (secondary N) is 1. The molecule has 0 radical (unpaired) electrons. The van der Waals surface area contributed by atoms with E-state index in [9.17, 15) is 9.59 Å². The second-order valence-electron chi connectivity index (χ2n) is 7.59. The van der Waals surface area contributed by atoms with Gasteiger partial charge >= 0.3 is 0 Å². The topological polar surface area (TPSA) is 54.3 Å². The molecule has 0 spiro atoms. The third-order valence-electron chi connectivity index (χ3n) is 5.57. The van der Waals surface area contributed by atoms with Gasteiger partial charge in [0.2, 0.25) is 0 Å². The Kier molecular flexibility index (Phi) is 6.00. The molecule has 162 valence electrons. The molecule has 3 aromatic rings. The van der Waals surface area contributed by atoms with Crippen LogP contribution < -0.4 is 10.2 Å². The summed E-state index contributed by atoms with van der Waals surface area (Å²) in [6, 6.07) is 17.0. The van der Waals surface area contributed by atoms with E-state index in [1.165, 1.54) is 4.90 Å². The minimum atomic E-state index is -0.510. The number of carbonyl (C=O) groups is 2. The highest BCUT2D eigenvalue weighted by molar-refractivity contribution is 7.80. The van der Waals surface area contributed by atoms with Crippen LogP contribution in [0.5, 0.6) is 0 Å². The third kappa shape index (κ3) is 3.87. The first-order chi connectivity index (χ1) is 15.3. The predicted octanol–water partition coefficient (Wildman–Crippen LogP) is 5.14. The molecule has 1 fully saturated rings. The summed E-state index contributed by atoms with van der Waals surface area (Å²) in [6.07, 6.45) is 2.50. The Bertz CT molecular complexity index is 1270. The number of amides is 2. The SMILES string of the molecule is CCc1ccc(N2C(=O)/C(=C/c3cc(C)n(-c4ccccc4Cl)c3C)C(=O)NC2=S)cc1. The molecule has 0 aliphatic carbocycles. The van der Waals surface area contributed by atoms with E-state index in [2.05, 4.69) is 12.2 Å². The molecular weight excluding hydrogens is 442 g/mol. The number of anilines is 1. The first-order valence-corrected chi connectivity index (χ1v) is 11.0. The second-order valence-corrected chi connectivity index (χ2v) is 8.39. The molecule has 0 saturated carbocycles. The lowest BCUT2D eigenvalue weighted by Gasteiger charge is -2.29. The molecule has 1 aromatic heterocycles. The highest BCUT2D eigenvalue weighted by Crippen LogP contribution is 2.29. The van der Waals surface area contributed by atoms with Gasteiger partial charge in [-0.1, -0.05) is 42.8 Å². The number of halogens is 1. The van der Waals surface area contributed by atoms with Gasteiger partial charge in [0.1, 0.15) is 5.57 Å². The Morgan fingerprint density at radius 2 is 1.75 bits per heavy atom. The minimum Gasteiger partial charge on any atom is -0.316 e. The number of carbonyl (C=O) groups excluding carboxylic acids is 2. The van der Waals surface area contributed by atoms with Crippen molar-refractivity contribution in [3.8, 4) is 5.69 Å². The van der Waals surface area contributed by atoms with Crippen molar-refractivity contribution in [2.75, 3.05) is 4.90 Å². The fourth-order valence-corrected chi connectivity index (χ4v) is 4.37. The van der Waals surface area contributed by atoms with Gasteiger partial charge in [-0.25, -0.2) is 0 Å². The monoisotopic (exact) mass is 463 g/mol. The molecule has 0 atom stereocenters. The summed E-state index contributed by atoms with van der Waals surface area (Å²) in [6.45, 7) is 5.95. The summed E-state index contributed by atoms with van der Waals surface area (Å²) < 4.78 is 2.01. The van der Waals surface area contributed by atoms with Crippen LogP contribution in [0.4, 0.5) is 5.69 Å². The van der Waals surface area contributed by atoms with Crippen molar-refractivity contribution in [1.82, 2.24) is 9.88 Å². The zero-order valence-corrected chi connectivity index (χ0v) is 19.6. The number of nitrogens with zero attached hydrogens (tertiary/aromatic N) is 2. The normalized spacial score (nSPS) is 15.4. The van der Waals surface area contributed by atoms with Crippen molar-refractivity contribution in [1.29, 1.82) is 0 Å². The van der Waals surface area contributed by atoms with Crippen LogP contribution in [0.1, 0.15) is 29.4 Å². The minimum absolute atomic E-state index is 0.0255. The van der Waals surface area contributed by atoms with Crippen LogP contribution >= 0.6 is 23.8 Å². The number of rotatable bonds is 4. The standard InChI is InChI=1S/C25H22ClN3O2S/c1-4-17-9-11-19(12-10-17)29-24(31)20(23(30)27-25(29)32)14-18-13-15(2)28(16(18)3)22-8-6-5-7-21(22)26/h5-14H,4H2,1-3H3,(H,27,30,32)/b20-14+. The molecule has 1 aliphatic rings. The number of thiocarbonyl (C=S) groups is 1. The lowest BCUT2D eigenvalue weighted by atomic mass is 10.1. The number of para-hydroxylation sites is 1. The summed E-state index contributed by atoms with van der Waals surface area (Å²) in [5.74, 6) is -0.963. The lowest BCUT2D eigenvalue weighted by molar-refractivity contribution is -0.122. The Balaban J connectivity index is 1.75. The Morgan fingerprint density at radius 1 is 1.06 bits per heavy atom. The molecule has 2 aromatic carbocycles. The van der Waals surface area contributed by atoms with Gasteiger partial charge in [-0.2, -0.15) is 0 Å². The first-order valence-electron chi connectivity index (χ1n) is 10.3. The first kappa shape index (κ1) is 22.0. The summed E-state index contributed by atoms with van der Waals surface area (Å²) >= 11 is 11.7. The van der Waals surface area contributed by atoms with Crippen molar-refractivity contribution < 1.29 is 9.59 Å². The van der Waals surface area contributed by atoms with E-state index in [0.29, 0.717) is 10.7 Å². The van der Waals surface area contributed by atoms with E-state index in [1.807, 2.05) is 73.0 Å². The molecule has 1 aliphatic heterocycles. The van der Waals surface area contributed by atoms with Gasteiger partial charge in [0, 0.05) is 11.4 Å². The molecule has 1 saturated heterocycles. The number of aromatic nitrogens is 1. The second kappa shape index (κ2) is 8.73. The Labute approximate surface area is 197 Å². The van der Waals surface area contributed by atoms with Crippen molar-refractivity contribution in [3.05, 3.63) is 87.7 Å². The molecule has 2 heterocycles. The fourth-order valence-electron chi connectivity index (χ4n) is 3.87. The van der Waals surface area contributed by atoms with Gasteiger partial charge in [-0.3, -0.25) is 19.8 Å². The number of benzene rings is 2. The molecule has 4 rings (SSSR count). The van der Waals surface area contributed by atoms with E-state index in [0.717, 1.165) is 34.6 Å². The molecule has 0 unspecified atom stereocenters. The molecule has 7 heteroatoms. The maximum Gasteiger partial charge on any atom is 0.270 e. The molecule has 2 amide bonds. The van der Waals surface area contributed by atoms with E-state index in [1.54, 1.807) is 6.08 Å². The van der Waals surface area contributed by atoms with Crippen molar-refractivity contribution in [3.63, 3.8) is 0 Å². The molecule has 32 heavy (non-hydrogen) atoms. The maximum atomic E-state index is 13.3. The predicted molar refractivity (Wildman–Crippen MR) is 132 cm³/mol. The van der Waals surface area contributed by atoms with E-state index >= 15 is 0 Å². The van der Waals surface area contributed by atoms with Crippen LogP contribution in [0.25, 0.3) is 11.8 Å². The molecule has 5 nitrogen and oxygen atoms in total. The molecule has 0 bridgehead atoms. The smallest absolute Gasteiger partial charge is 0.270 e. The van der Waals surface area contributed by atoms with Crippen molar-refractivity contribution in [2.45, 2.75) is 27.2 Å². The molecule has 1 N–H and O–H groups in total. The maximum absolute atomic E-state index is 13.3. The quantitative estimate of drug-likeness (QED) is 0.331. The summed E-state index contributed by atoms with van der Waals surface area (Å²) in [5, 5.41) is 3.33. The van der Waals surface area contributed by atoms with Crippen molar-refractivity contribution in [2.24, 2.45) is 0 Å². The summed E-state index contributed by atoms with van der Waals surface area (Å²) in [7, 11) is 0. The van der Waals surface area contributed by atoms with Gasteiger partial charge < -0.3 is 4.57 Å². The fraction of sp³-hybridized carbons (Fsp3) is 0.160. The van der Waals surface area contributed by atoms with E-state index in [4.69, 9.17) is 23.8 Å². The Hall–Kier alpha value is -3.22. The summed E-state index contributed by atoms with van der Waals surface area (Å²) in [5.41, 5.74) is 5.20. The van der Waals surface area contributed by atoms with Crippen LogP contribution in [-0.4, -0.2) is 21.5 Å². The molecular formula is C25H22ClN3O2S. The highest BCUT2D eigenvalue weighted by atomic mass is 35.5. The summed E-state index contributed by atoms with van der Waals surface area (Å²) in [4.78, 5) is 27.4. The zero-order valence-electron chi connectivity index (χ0n) is 18.0. The van der Waals surface area contributed by atoms with Crippen LogP contribution in [0.15, 0.2) is 60.2 Å². The average molecular weight is 464 g/mol. The van der Waals surface area contributed by atoms with Gasteiger partial charge in [0.05, 0.1) is 16.4 Å². The van der Waals surface area contributed by atoms with Gasteiger partial charge in [0.15, 0.2) is 5.11 Å². The lowest BCUT2D eigenvalue weighted by Crippen LogP contribution is -2.54. The van der Waals surface area contributed by atoms with Gasteiger partial charge in [0.25, 0.3) is 11.8 Å². The van der Waals surface area contributed by atoms with Gasteiger partial charge in [-0.05, 0) is 80.0 Å². The Morgan fingerprint density at radius 3 is 2.41 bits per heavy atom. The highest BCUT2D eigenvalue weighted by Gasteiger charge is 2.34.